The van der Waals surface area contributed by atoms with E-state index in [0.717, 1.165) is 24.8 Å². The number of anilines is 1. The van der Waals surface area contributed by atoms with Crippen LogP contribution in [0.25, 0.3) is 0 Å². The molecule has 134 valence electrons. The van der Waals surface area contributed by atoms with Gasteiger partial charge < -0.3 is 10.6 Å². The molecular weight excluding hydrogens is 350 g/mol. The van der Waals surface area contributed by atoms with E-state index in [1.54, 1.807) is 23.1 Å². The molecule has 1 heterocycles. The summed E-state index contributed by atoms with van der Waals surface area (Å²) < 4.78 is 25.8. The molecule has 1 aliphatic carbocycles. The van der Waals surface area contributed by atoms with E-state index in [-0.39, 0.29) is 23.2 Å². The number of hydrogen-bond acceptors (Lipinski definition) is 4. The molecule has 1 fully saturated rings. The maximum absolute atomic E-state index is 12.9. The van der Waals surface area contributed by atoms with Gasteiger partial charge in [-0.1, -0.05) is 18.9 Å². The number of rotatable bonds is 3. The zero-order valence-corrected chi connectivity index (χ0v) is 15.6. The highest BCUT2D eigenvalue weighted by atomic mass is 35.5. The van der Waals surface area contributed by atoms with Crippen LogP contribution in [0.1, 0.15) is 31.2 Å². The van der Waals surface area contributed by atoms with Gasteiger partial charge in [-0.3, -0.25) is 4.79 Å². The van der Waals surface area contributed by atoms with Gasteiger partial charge in [0.2, 0.25) is 15.9 Å². The van der Waals surface area contributed by atoms with Gasteiger partial charge in [0.15, 0.2) is 0 Å². The molecule has 0 unspecified atom stereocenters. The number of carbonyl (C=O) groups is 1. The molecule has 0 bridgehead atoms. The monoisotopic (exact) mass is 373 g/mol. The fourth-order valence-corrected chi connectivity index (χ4v) is 4.35. The van der Waals surface area contributed by atoms with Crippen molar-refractivity contribution < 1.29 is 13.2 Å². The molecule has 24 heavy (non-hydrogen) atoms. The summed E-state index contributed by atoms with van der Waals surface area (Å²) in [4.78, 5) is 14.8. The maximum atomic E-state index is 12.9. The first kappa shape index (κ1) is 19.2. The first-order valence-electron chi connectivity index (χ1n) is 7.92. The van der Waals surface area contributed by atoms with E-state index in [0.29, 0.717) is 25.1 Å². The molecule has 6 nitrogen and oxygen atoms in total. The number of nitrogens with two attached hydrogens (primary N) is 1. The van der Waals surface area contributed by atoms with Gasteiger partial charge >= 0.3 is 0 Å². The molecule has 1 aromatic rings. The summed E-state index contributed by atoms with van der Waals surface area (Å²) in [5.74, 6) is -0.0758. The van der Waals surface area contributed by atoms with Gasteiger partial charge in [-0.2, -0.15) is 0 Å². The van der Waals surface area contributed by atoms with Gasteiger partial charge in [0, 0.05) is 26.3 Å². The Balaban J connectivity index is 0.00000208. The largest absolute Gasteiger partial charge is 0.317 e. The summed E-state index contributed by atoms with van der Waals surface area (Å²) >= 11 is 0. The van der Waals surface area contributed by atoms with Crippen molar-refractivity contribution in [1.82, 2.24) is 4.31 Å². The molecule has 0 radical (unpaired) electrons. The minimum Gasteiger partial charge on any atom is -0.317 e. The van der Waals surface area contributed by atoms with Crippen molar-refractivity contribution in [2.24, 2.45) is 5.73 Å². The van der Waals surface area contributed by atoms with Gasteiger partial charge in [-0.25, -0.2) is 12.7 Å². The quantitative estimate of drug-likeness (QED) is 0.870. The third kappa shape index (κ3) is 3.06. The number of hydrogen-bond donors (Lipinski definition) is 1. The lowest BCUT2D eigenvalue weighted by atomic mass is 9.97. The van der Waals surface area contributed by atoms with E-state index < -0.39 is 15.6 Å². The second-order valence-corrected chi connectivity index (χ2v) is 8.80. The van der Waals surface area contributed by atoms with E-state index in [9.17, 15) is 13.2 Å². The summed E-state index contributed by atoms with van der Waals surface area (Å²) in [6.07, 6.45) is 4.08. The number of amides is 1. The fraction of sp³-hybridized carbons (Fsp3) is 0.562. The Hall–Kier alpha value is -1.15. The number of fused-ring (bicyclic) bond motifs is 1. The summed E-state index contributed by atoms with van der Waals surface area (Å²) in [6, 6.07) is 5.01. The van der Waals surface area contributed by atoms with Crippen LogP contribution in [0.4, 0.5) is 5.69 Å². The van der Waals surface area contributed by atoms with Crippen molar-refractivity contribution in [3.63, 3.8) is 0 Å². The molecule has 1 aromatic carbocycles. The normalized spacial score (nSPS) is 19.2. The summed E-state index contributed by atoms with van der Waals surface area (Å²) in [5, 5.41) is 0. The smallest absolute Gasteiger partial charge is 0.247 e. The van der Waals surface area contributed by atoms with Gasteiger partial charge in [0.05, 0.1) is 10.4 Å². The molecule has 0 spiro atoms. The van der Waals surface area contributed by atoms with Crippen LogP contribution in [-0.4, -0.2) is 44.8 Å². The van der Waals surface area contributed by atoms with E-state index in [1.165, 1.54) is 18.4 Å². The van der Waals surface area contributed by atoms with Crippen molar-refractivity contribution in [3.8, 4) is 0 Å². The Labute approximate surface area is 149 Å². The minimum atomic E-state index is -3.52. The lowest BCUT2D eigenvalue weighted by Gasteiger charge is -2.29. The molecule has 2 aliphatic rings. The van der Waals surface area contributed by atoms with Crippen LogP contribution in [0, 0.1) is 0 Å². The van der Waals surface area contributed by atoms with Gasteiger partial charge in [0.1, 0.15) is 0 Å². The Morgan fingerprint density at radius 1 is 1.25 bits per heavy atom. The number of carbonyl (C=O) groups excluding carboxylic acids is 1. The minimum absolute atomic E-state index is 0. The van der Waals surface area contributed by atoms with Crippen molar-refractivity contribution in [2.45, 2.75) is 42.5 Å². The molecule has 0 aromatic heterocycles. The topological polar surface area (TPSA) is 83.7 Å². The van der Waals surface area contributed by atoms with E-state index >= 15 is 0 Å². The third-order valence-corrected chi connectivity index (χ3v) is 6.71. The first-order chi connectivity index (χ1) is 10.8. The molecular formula is C16H24ClN3O3S. The van der Waals surface area contributed by atoms with Crippen LogP contribution in [0.3, 0.4) is 0 Å². The standard InChI is InChI=1S/C16H23N3O3S.ClH/c1-18(2)23(21,22)13-6-5-12-7-10-19(14(12)11-13)15(20)16(17)8-3-4-9-16;/h5-6,11H,3-4,7-10,17H2,1-2H3;1H. The van der Waals surface area contributed by atoms with Gasteiger partial charge in [-0.05, 0) is 37.0 Å². The van der Waals surface area contributed by atoms with Crippen molar-refractivity contribution in [1.29, 1.82) is 0 Å². The molecule has 3 rings (SSSR count). The highest BCUT2D eigenvalue weighted by Crippen LogP contribution is 2.36. The second-order valence-electron chi connectivity index (χ2n) is 6.65. The fourth-order valence-electron chi connectivity index (χ4n) is 3.43. The molecule has 2 N–H and O–H groups in total. The zero-order chi connectivity index (χ0) is 16.8. The number of benzene rings is 1. The molecule has 0 saturated heterocycles. The summed E-state index contributed by atoms with van der Waals surface area (Å²) in [6.45, 7) is 0.568. The van der Waals surface area contributed by atoms with Crippen molar-refractivity contribution in [2.75, 3.05) is 25.5 Å². The molecule has 1 saturated carbocycles. The zero-order valence-electron chi connectivity index (χ0n) is 14.0. The Morgan fingerprint density at radius 2 is 1.88 bits per heavy atom. The lowest BCUT2D eigenvalue weighted by Crippen LogP contribution is -2.53. The second kappa shape index (κ2) is 6.63. The van der Waals surface area contributed by atoms with Crippen LogP contribution < -0.4 is 10.6 Å². The number of nitrogens with zero attached hydrogens (tertiary/aromatic N) is 2. The van der Waals surface area contributed by atoms with Gasteiger partial charge in [-0.15, -0.1) is 12.4 Å². The van der Waals surface area contributed by atoms with E-state index in [4.69, 9.17) is 5.73 Å². The average molecular weight is 374 g/mol. The number of halogens is 1. The van der Waals surface area contributed by atoms with E-state index in [2.05, 4.69) is 0 Å². The predicted octanol–water partition coefficient (Wildman–Crippen LogP) is 1.52. The van der Waals surface area contributed by atoms with Crippen molar-refractivity contribution in [3.05, 3.63) is 23.8 Å². The highest BCUT2D eigenvalue weighted by Gasteiger charge is 2.42. The SMILES string of the molecule is CN(C)S(=O)(=O)c1ccc2c(c1)N(C(=O)C1(N)CCCC1)CC2.Cl. The van der Waals surface area contributed by atoms with Crippen LogP contribution >= 0.6 is 12.4 Å². The Bertz CT molecular complexity index is 743. The third-order valence-electron chi connectivity index (χ3n) is 4.90. The predicted molar refractivity (Wildman–Crippen MR) is 96.0 cm³/mol. The molecule has 0 atom stereocenters. The maximum Gasteiger partial charge on any atom is 0.247 e. The lowest BCUT2D eigenvalue weighted by molar-refractivity contribution is -0.123. The van der Waals surface area contributed by atoms with E-state index in [1.807, 2.05) is 0 Å². The molecule has 1 aliphatic heterocycles. The van der Waals surface area contributed by atoms with Crippen molar-refractivity contribution >= 4 is 34.0 Å². The van der Waals surface area contributed by atoms with Crippen LogP contribution in [0.5, 0.6) is 0 Å². The first-order valence-corrected chi connectivity index (χ1v) is 9.36. The Kier molecular flexibility index (Phi) is 5.30. The molecule has 1 amide bonds. The number of sulfonamides is 1. The Morgan fingerprint density at radius 3 is 2.46 bits per heavy atom. The summed E-state index contributed by atoms with van der Waals surface area (Å²) in [5.41, 5.74) is 7.19. The van der Waals surface area contributed by atoms with Crippen LogP contribution in [0.2, 0.25) is 0 Å². The van der Waals surface area contributed by atoms with Crippen LogP contribution in [-0.2, 0) is 21.2 Å². The van der Waals surface area contributed by atoms with Crippen LogP contribution in [0.15, 0.2) is 23.1 Å². The summed E-state index contributed by atoms with van der Waals surface area (Å²) in [7, 11) is -0.520. The average Bonchev–Trinajstić information content (AvgIpc) is 3.12. The molecule has 8 heteroatoms. The van der Waals surface area contributed by atoms with Gasteiger partial charge in [0.25, 0.3) is 0 Å². The highest BCUT2D eigenvalue weighted by molar-refractivity contribution is 7.89.